The van der Waals surface area contributed by atoms with Crippen molar-refractivity contribution in [3.05, 3.63) is 48.0 Å². The number of halogens is 1. The number of hydrogen-bond acceptors (Lipinski definition) is 2. The second kappa shape index (κ2) is 4.90. The maximum Gasteiger partial charge on any atom is 0.123 e. The number of benzene rings is 1. The van der Waals surface area contributed by atoms with Gasteiger partial charge in [0.1, 0.15) is 5.82 Å². The quantitative estimate of drug-likeness (QED) is 0.877. The monoisotopic (exact) mass is 245 g/mol. The Morgan fingerprint density at radius 2 is 2.06 bits per heavy atom. The maximum atomic E-state index is 12.8. The van der Waals surface area contributed by atoms with Gasteiger partial charge in [0.15, 0.2) is 0 Å². The summed E-state index contributed by atoms with van der Waals surface area (Å²) in [7, 11) is 0. The lowest BCUT2D eigenvalue weighted by Gasteiger charge is -2.01. The fourth-order valence-corrected chi connectivity index (χ4v) is 1.93. The van der Waals surface area contributed by atoms with Crippen LogP contribution in [-0.2, 0) is 6.54 Å². The third-order valence-corrected chi connectivity index (χ3v) is 3.19. The zero-order valence-corrected chi connectivity index (χ0v) is 10.1. The van der Waals surface area contributed by atoms with Crippen molar-refractivity contribution in [1.82, 2.24) is 15.1 Å². The molecule has 1 aromatic heterocycles. The van der Waals surface area contributed by atoms with E-state index >= 15 is 0 Å². The number of nitrogens with one attached hydrogen (secondary N) is 1. The van der Waals surface area contributed by atoms with Gasteiger partial charge in [-0.25, -0.2) is 9.07 Å². The standard InChI is InChI=1S/C14H16FN3/c15-13-3-5-14(6-4-13)18-10-12(9-17-18)8-16-7-11-1-2-11/h3-6,9-11,16H,1-2,7-8H2. The van der Waals surface area contributed by atoms with Gasteiger partial charge < -0.3 is 5.32 Å². The zero-order valence-electron chi connectivity index (χ0n) is 10.1. The molecule has 1 aromatic carbocycles. The van der Waals surface area contributed by atoms with Gasteiger partial charge in [0, 0.05) is 18.3 Å². The summed E-state index contributed by atoms with van der Waals surface area (Å²) in [5.41, 5.74) is 2.03. The Morgan fingerprint density at radius 1 is 1.28 bits per heavy atom. The molecule has 0 aliphatic heterocycles. The van der Waals surface area contributed by atoms with E-state index in [2.05, 4.69) is 10.4 Å². The lowest BCUT2D eigenvalue weighted by molar-refractivity contribution is 0.627. The van der Waals surface area contributed by atoms with Gasteiger partial charge in [0.05, 0.1) is 11.9 Å². The molecule has 1 heterocycles. The topological polar surface area (TPSA) is 29.9 Å². The van der Waals surface area contributed by atoms with Crippen molar-refractivity contribution < 1.29 is 4.39 Å². The molecule has 0 bridgehead atoms. The summed E-state index contributed by atoms with van der Waals surface area (Å²) in [6.45, 7) is 1.94. The average Bonchev–Trinajstić information content (AvgIpc) is 3.08. The Morgan fingerprint density at radius 3 is 2.78 bits per heavy atom. The summed E-state index contributed by atoms with van der Waals surface area (Å²) in [5, 5.41) is 7.71. The summed E-state index contributed by atoms with van der Waals surface area (Å²) in [4.78, 5) is 0. The van der Waals surface area contributed by atoms with Crippen LogP contribution in [0.25, 0.3) is 5.69 Å². The minimum absolute atomic E-state index is 0.225. The van der Waals surface area contributed by atoms with Gasteiger partial charge in [0.2, 0.25) is 0 Å². The Kier molecular flexibility index (Phi) is 3.11. The summed E-state index contributed by atoms with van der Waals surface area (Å²) < 4.78 is 14.6. The van der Waals surface area contributed by atoms with E-state index in [1.807, 2.05) is 12.4 Å². The largest absolute Gasteiger partial charge is 0.312 e. The molecule has 1 aliphatic carbocycles. The molecule has 94 valence electrons. The van der Waals surface area contributed by atoms with Gasteiger partial charge in [0.25, 0.3) is 0 Å². The van der Waals surface area contributed by atoms with Crippen molar-refractivity contribution in [3.63, 3.8) is 0 Å². The van der Waals surface area contributed by atoms with Crippen molar-refractivity contribution in [3.8, 4) is 5.69 Å². The van der Waals surface area contributed by atoms with Crippen molar-refractivity contribution in [2.45, 2.75) is 19.4 Å². The maximum absolute atomic E-state index is 12.8. The van der Waals surface area contributed by atoms with Crippen LogP contribution in [0.1, 0.15) is 18.4 Å². The first-order valence-electron chi connectivity index (χ1n) is 6.31. The highest BCUT2D eigenvalue weighted by Gasteiger charge is 2.20. The first kappa shape index (κ1) is 11.4. The first-order chi connectivity index (χ1) is 8.81. The molecular formula is C14H16FN3. The molecule has 0 saturated heterocycles. The highest BCUT2D eigenvalue weighted by Crippen LogP contribution is 2.27. The van der Waals surface area contributed by atoms with Gasteiger partial charge in [-0.3, -0.25) is 0 Å². The minimum Gasteiger partial charge on any atom is -0.312 e. The van der Waals surface area contributed by atoms with Crippen LogP contribution in [0.15, 0.2) is 36.7 Å². The SMILES string of the molecule is Fc1ccc(-n2cc(CNCC3CC3)cn2)cc1. The molecule has 1 fully saturated rings. The van der Waals surface area contributed by atoms with Crippen molar-refractivity contribution in [2.24, 2.45) is 5.92 Å². The Bertz CT molecular complexity index is 514. The normalized spacial score (nSPS) is 14.9. The van der Waals surface area contributed by atoms with Crippen LogP contribution < -0.4 is 5.32 Å². The third-order valence-electron chi connectivity index (χ3n) is 3.19. The lowest BCUT2D eigenvalue weighted by atomic mass is 10.3. The Labute approximate surface area is 106 Å². The molecule has 1 saturated carbocycles. The fourth-order valence-electron chi connectivity index (χ4n) is 1.93. The van der Waals surface area contributed by atoms with Crippen LogP contribution in [0.5, 0.6) is 0 Å². The lowest BCUT2D eigenvalue weighted by Crippen LogP contribution is -2.15. The number of hydrogen-bond donors (Lipinski definition) is 1. The summed E-state index contributed by atoms with van der Waals surface area (Å²) in [6.07, 6.45) is 6.56. The minimum atomic E-state index is -0.225. The van der Waals surface area contributed by atoms with Gasteiger partial charge in [-0.05, 0) is 49.6 Å². The first-order valence-corrected chi connectivity index (χ1v) is 6.31. The van der Waals surface area contributed by atoms with Gasteiger partial charge in [-0.2, -0.15) is 5.10 Å². The van der Waals surface area contributed by atoms with E-state index in [9.17, 15) is 4.39 Å². The molecule has 2 aromatic rings. The van der Waals surface area contributed by atoms with Gasteiger partial charge in [-0.1, -0.05) is 0 Å². The molecule has 0 spiro atoms. The van der Waals surface area contributed by atoms with E-state index in [0.717, 1.165) is 30.3 Å². The molecule has 18 heavy (non-hydrogen) atoms. The molecule has 0 atom stereocenters. The molecule has 1 aliphatic rings. The van der Waals surface area contributed by atoms with E-state index in [1.165, 1.54) is 25.0 Å². The molecule has 3 rings (SSSR count). The van der Waals surface area contributed by atoms with Crippen molar-refractivity contribution >= 4 is 0 Å². The average molecular weight is 245 g/mol. The highest BCUT2D eigenvalue weighted by atomic mass is 19.1. The molecule has 0 unspecified atom stereocenters. The Hall–Kier alpha value is -1.68. The molecule has 0 amide bonds. The smallest absolute Gasteiger partial charge is 0.123 e. The molecular weight excluding hydrogens is 229 g/mol. The summed E-state index contributed by atoms with van der Waals surface area (Å²) >= 11 is 0. The second-order valence-corrected chi connectivity index (χ2v) is 4.84. The fraction of sp³-hybridized carbons (Fsp3) is 0.357. The van der Waals surface area contributed by atoms with Gasteiger partial charge >= 0.3 is 0 Å². The van der Waals surface area contributed by atoms with Crippen LogP contribution >= 0.6 is 0 Å². The van der Waals surface area contributed by atoms with E-state index in [0.29, 0.717) is 0 Å². The van der Waals surface area contributed by atoms with Crippen molar-refractivity contribution in [2.75, 3.05) is 6.54 Å². The van der Waals surface area contributed by atoms with E-state index in [1.54, 1.807) is 16.8 Å². The Balaban J connectivity index is 1.62. The summed E-state index contributed by atoms with van der Waals surface area (Å²) in [6, 6.07) is 6.34. The van der Waals surface area contributed by atoms with Crippen molar-refractivity contribution in [1.29, 1.82) is 0 Å². The van der Waals surface area contributed by atoms with Crippen LogP contribution in [0, 0.1) is 11.7 Å². The number of nitrogens with zero attached hydrogens (tertiary/aromatic N) is 2. The van der Waals surface area contributed by atoms with Crippen LogP contribution in [0.3, 0.4) is 0 Å². The third kappa shape index (κ3) is 2.76. The highest BCUT2D eigenvalue weighted by molar-refractivity contribution is 5.31. The molecule has 3 nitrogen and oxygen atoms in total. The van der Waals surface area contributed by atoms with E-state index in [-0.39, 0.29) is 5.82 Å². The van der Waals surface area contributed by atoms with Gasteiger partial charge in [-0.15, -0.1) is 0 Å². The number of aromatic nitrogens is 2. The van der Waals surface area contributed by atoms with Crippen LogP contribution in [0.2, 0.25) is 0 Å². The van der Waals surface area contributed by atoms with Crippen LogP contribution in [-0.4, -0.2) is 16.3 Å². The molecule has 1 N–H and O–H groups in total. The van der Waals surface area contributed by atoms with E-state index in [4.69, 9.17) is 0 Å². The number of rotatable bonds is 5. The predicted octanol–water partition coefficient (Wildman–Crippen LogP) is 2.51. The molecule has 0 radical (unpaired) electrons. The van der Waals surface area contributed by atoms with E-state index < -0.39 is 0 Å². The zero-order chi connectivity index (χ0) is 12.4. The molecule has 4 heteroatoms. The summed E-state index contributed by atoms with van der Waals surface area (Å²) in [5.74, 6) is 0.661. The predicted molar refractivity (Wildman–Crippen MR) is 68.0 cm³/mol. The van der Waals surface area contributed by atoms with Crippen LogP contribution in [0.4, 0.5) is 4.39 Å². The second-order valence-electron chi connectivity index (χ2n) is 4.84.